The van der Waals surface area contributed by atoms with E-state index in [1.165, 1.54) is 37.1 Å². The van der Waals surface area contributed by atoms with Gasteiger partial charge in [0.15, 0.2) is 0 Å². The molecule has 1 unspecified atom stereocenters. The van der Waals surface area contributed by atoms with Crippen LogP contribution >= 0.6 is 0 Å². The van der Waals surface area contributed by atoms with Crippen LogP contribution in [0.4, 0.5) is 0 Å². The highest BCUT2D eigenvalue weighted by Gasteiger charge is 2.18. The van der Waals surface area contributed by atoms with Crippen molar-refractivity contribution in [1.82, 2.24) is 4.90 Å². The summed E-state index contributed by atoms with van der Waals surface area (Å²) >= 11 is 0. The van der Waals surface area contributed by atoms with Crippen molar-refractivity contribution in [3.05, 3.63) is 35.4 Å². The Bertz CT molecular complexity index is 299. The van der Waals surface area contributed by atoms with E-state index < -0.39 is 0 Å². The predicted octanol–water partition coefficient (Wildman–Crippen LogP) is 2.30. The summed E-state index contributed by atoms with van der Waals surface area (Å²) in [7, 11) is 0. The average Bonchev–Trinajstić information content (AvgIpc) is 2.82. The maximum Gasteiger partial charge on any atom is 0.0319 e. The quantitative estimate of drug-likeness (QED) is 0.818. The molecule has 0 aromatic heterocycles. The molecule has 2 nitrogen and oxygen atoms in total. The highest BCUT2D eigenvalue weighted by molar-refractivity contribution is 5.24. The van der Waals surface area contributed by atoms with Gasteiger partial charge in [0.2, 0.25) is 0 Å². The van der Waals surface area contributed by atoms with Crippen molar-refractivity contribution < 1.29 is 0 Å². The van der Waals surface area contributed by atoms with E-state index in [2.05, 4.69) is 36.1 Å². The van der Waals surface area contributed by atoms with E-state index in [-0.39, 0.29) is 0 Å². The fourth-order valence-electron chi connectivity index (χ4n) is 2.27. The van der Waals surface area contributed by atoms with Crippen molar-refractivity contribution in [3.8, 4) is 0 Å². The second kappa shape index (κ2) is 4.77. The van der Waals surface area contributed by atoms with Gasteiger partial charge in [0.25, 0.3) is 0 Å². The summed E-state index contributed by atoms with van der Waals surface area (Å²) in [4.78, 5) is 2.55. The fourth-order valence-corrected chi connectivity index (χ4v) is 2.27. The molecule has 2 heteroatoms. The van der Waals surface area contributed by atoms with Crippen LogP contribution < -0.4 is 5.73 Å². The maximum absolute atomic E-state index is 5.59. The molecule has 82 valence electrons. The lowest BCUT2D eigenvalue weighted by Crippen LogP contribution is -2.23. The Balaban J connectivity index is 2.07. The summed E-state index contributed by atoms with van der Waals surface area (Å²) in [5.74, 6) is 0. The molecule has 1 heterocycles. The number of hydrogen-bond acceptors (Lipinski definition) is 2. The van der Waals surface area contributed by atoms with Crippen LogP contribution in [-0.2, 0) is 6.54 Å². The molecular formula is C13H20N2. The summed E-state index contributed by atoms with van der Waals surface area (Å²) in [6.45, 7) is 5.43. The van der Waals surface area contributed by atoms with Crippen LogP contribution in [0.3, 0.4) is 0 Å². The van der Waals surface area contributed by atoms with Crippen LogP contribution in [0.25, 0.3) is 0 Å². The minimum absolute atomic E-state index is 0.555. The maximum atomic E-state index is 5.59. The zero-order valence-electron chi connectivity index (χ0n) is 9.45. The molecule has 0 saturated carbocycles. The standard InChI is InChI=1S/C13H20N2/c1-11(15-8-2-3-9-15)13-6-4-12(10-14)5-7-13/h4-7,11H,2-3,8-10,14H2,1H3. The number of nitrogens with zero attached hydrogens (tertiary/aromatic N) is 1. The van der Waals surface area contributed by atoms with Gasteiger partial charge in [-0.15, -0.1) is 0 Å². The Morgan fingerprint density at radius 3 is 2.33 bits per heavy atom. The van der Waals surface area contributed by atoms with E-state index in [9.17, 15) is 0 Å². The van der Waals surface area contributed by atoms with E-state index in [4.69, 9.17) is 5.73 Å². The zero-order chi connectivity index (χ0) is 10.7. The molecule has 1 fully saturated rings. The van der Waals surface area contributed by atoms with Gasteiger partial charge in [-0.25, -0.2) is 0 Å². The van der Waals surface area contributed by atoms with Gasteiger partial charge >= 0.3 is 0 Å². The molecule has 1 saturated heterocycles. The van der Waals surface area contributed by atoms with Gasteiger partial charge in [-0.1, -0.05) is 24.3 Å². The van der Waals surface area contributed by atoms with Gasteiger partial charge in [-0.2, -0.15) is 0 Å². The molecule has 1 aliphatic heterocycles. The van der Waals surface area contributed by atoms with E-state index in [0.717, 1.165) is 0 Å². The smallest absolute Gasteiger partial charge is 0.0319 e. The van der Waals surface area contributed by atoms with Crippen LogP contribution in [0.5, 0.6) is 0 Å². The first-order chi connectivity index (χ1) is 7.31. The summed E-state index contributed by atoms with van der Waals surface area (Å²) in [5, 5.41) is 0. The summed E-state index contributed by atoms with van der Waals surface area (Å²) in [5.41, 5.74) is 8.21. The first-order valence-electron chi connectivity index (χ1n) is 5.84. The SMILES string of the molecule is CC(c1ccc(CN)cc1)N1CCCC1. The second-order valence-electron chi connectivity index (χ2n) is 4.36. The molecule has 15 heavy (non-hydrogen) atoms. The molecule has 1 atom stereocenters. The molecule has 1 aromatic rings. The number of rotatable bonds is 3. The first-order valence-corrected chi connectivity index (χ1v) is 5.84. The fraction of sp³-hybridized carbons (Fsp3) is 0.538. The van der Waals surface area contributed by atoms with Crippen LogP contribution in [0.1, 0.15) is 36.9 Å². The normalized spacial score (nSPS) is 19.3. The largest absolute Gasteiger partial charge is 0.326 e. The summed E-state index contributed by atoms with van der Waals surface area (Å²) < 4.78 is 0. The number of benzene rings is 1. The Morgan fingerprint density at radius 1 is 1.20 bits per heavy atom. The van der Waals surface area contributed by atoms with Crippen molar-refractivity contribution in [3.63, 3.8) is 0 Å². The molecular weight excluding hydrogens is 184 g/mol. The second-order valence-corrected chi connectivity index (χ2v) is 4.36. The Kier molecular flexibility index (Phi) is 3.39. The van der Waals surface area contributed by atoms with Crippen molar-refractivity contribution in [2.24, 2.45) is 5.73 Å². The Hall–Kier alpha value is -0.860. The highest BCUT2D eigenvalue weighted by Crippen LogP contribution is 2.24. The van der Waals surface area contributed by atoms with Crippen molar-refractivity contribution in [2.75, 3.05) is 13.1 Å². The van der Waals surface area contributed by atoms with E-state index in [1.807, 2.05) is 0 Å². The minimum Gasteiger partial charge on any atom is -0.326 e. The van der Waals surface area contributed by atoms with Gasteiger partial charge in [0.05, 0.1) is 0 Å². The monoisotopic (exact) mass is 204 g/mol. The molecule has 0 radical (unpaired) electrons. The third kappa shape index (κ3) is 2.39. The topological polar surface area (TPSA) is 29.3 Å². The van der Waals surface area contributed by atoms with Crippen LogP contribution in [0, 0.1) is 0 Å². The molecule has 0 bridgehead atoms. The van der Waals surface area contributed by atoms with Crippen LogP contribution in [0.15, 0.2) is 24.3 Å². The molecule has 0 amide bonds. The molecule has 0 aliphatic carbocycles. The predicted molar refractivity (Wildman–Crippen MR) is 63.6 cm³/mol. The summed E-state index contributed by atoms with van der Waals surface area (Å²) in [6, 6.07) is 9.26. The number of nitrogens with two attached hydrogens (primary N) is 1. The van der Waals surface area contributed by atoms with E-state index in [1.54, 1.807) is 0 Å². The highest BCUT2D eigenvalue weighted by atomic mass is 15.2. The molecule has 1 aliphatic rings. The minimum atomic E-state index is 0.555. The number of hydrogen-bond donors (Lipinski definition) is 1. The third-order valence-electron chi connectivity index (χ3n) is 3.39. The molecule has 2 N–H and O–H groups in total. The lowest BCUT2D eigenvalue weighted by Gasteiger charge is -2.24. The van der Waals surface area contributed by atoms with Gasteiger partial charge in [-0.3, -0.25) is 4.90 Å². The van der Waals surface area contributed by atoms with Crippen molar-refractivity contribution in [1.29, 1.82) is 0 Å². The number of likely N-dealkylation sites (tertiary alicyclic amines) is 1. The van der Waals surface area contributed by atoms with E-state index >= 15 is 0 Å². The third-order valence-corrected chi connectivity index (χ3v) is 3.39. The Labute approximate surface area is 92.1 Å². The average molecular weight is 204 g/mol. The summed E-state index contributed by atoms with van der Waals surface area (Å²) in [6.07, 6.45) is 2.70. The molecule has 2 rings (SSSR count). The van der Waals surface area contributed by atoms with Crippen molar-refractivity contribution in [2.45, 2.75) is 32.4 Å². The molecule has 1 aromatic carbocycles. The van der Waals surface area contributed by atoms with Crippen molar-refractivity contribution >= 4 is 0 Å². The van der Waals surface area contributed by atoms with Crippen LogP contribution in [-0.4, -0.2) is 18.0 Å². The zero-order valence-corrected chi connectivity index (χ0v) is 9.45. The molecule has 0 spiro atoms. The Morgan fingerprint density at radius 2 is 1.80 bits per heavy atom. The van der Waals surface area contributed by atoms with Gasteiger partial charge in [0.1, 0.15) is 0 Å². The first kappa shape index (κ1) is 10.7. The van der Waals surface area contributed by atoms with Gasteiger partial charge < -0.3 is 5.73 Å². The van der Waals surface area contributed by atoms with Crippen LogP contribution in [0.2, 0.25) is 0 Å². The lowest BCUT2D eigenvalue weighted by atomic mass is 10.1. The van der Waals surface area contributed by atoms with Gasteiger partial charge in [0, 0.05) is 12.6 Å². The van der Waals surface area contributed by atoms with Gasteiger partial charge in [-0.05, 0) is 44.0 Å². The lowest BCUT2D eigenvalue weighted by molar-refractivity contribution is 0.263. The van der Waals surface area contributed by atoms with E-state index in [0.29, 0.717) is 12.6 Å².